The van der Waals surface area contributed by atoms with E-state index in [-0.39, 0.29) is 6.42 Å². The molecular weight excluding hydrogens is 206 g/mol. The molecule has 7 heteroatoms. The summed E-state index contributed by atoms with van der Waals surface area (Å²) in [6.45, 7) is 0.604. The molecule has 5 N–H and O–H groups in total. The first-order valence-electron chi connectivity index (χ1n) is 4.54. The minimum absolute atomic E-state index is 0.357. The molecule has 0 radical (unpaired) electrons. The van der Waals surface area contributed by atoms with Gasteiger partial charge in [-0.2, -0.15) is 0 Å². The van der Waals surface area contributed by atoms with Crippen LogP contribution in [0.1, 0.15) is 13.3 Å². The fraction of sp³-hybridized carbons (Fsp3) is 0.875. The molecular formula is C8H15NO6. The number of hydrogen-bond acceptors (Lipinski definition) is 6. The number of rotatable bonds is 2. The molecule has 1 amide bonds. The van der Waals surface area contributed by atoms with Crippen LogP contribution in [0.2, 0.25) is 0 Å². The molecule has 0 aromatic rings. The van der Waals surface area contributed by atoms with Gasteiger partial charge in [-0.25, -0.2) is 0 Å². The Morgan fingerprint density at radius 2 is 2.20 bits per heavy atom. The molecule has 1 fully saturated rings. The molecule has 1 unspecified atom stereocenters. The molecule has 0 spiro atoms. The lowest BCUT2D eigenvalue weighted by atomic mass is 9.99. The number of carbonyl (C=O) groups excluding carboxylic acids is 1. The van der Waals surface area contributed by atoms with E-state index in [4.69, 9.17) is 9.84 Å². The summed E-state index contributed by atoms with van der Waals surface area (Å²) in [5, 5.41) is 39.3. The number of aliphatic hydroxyl groups excluding tert-OH is 3. The standard InChI is InChI=1S/C8H15NO6/c1-4(11)9-8(14)2-5(12)7(13)6(3-10)15-8/h5-7,10,12-14H,2-3H2,1H3,(H,9,11)/t5-,6+,7+,8?/m1/s1. The van der Waals surface area contributed by atoms with Gasteiger partial charge >= 0.3 is 0 Å². The molecule has 88 valence electrons. The highest BCUT2D eigenvalue weighted by atomic mass is 16.7. The highest BCUT2D eigenvalue weighted by Crippen LogP contribution is 2.25. The number of amides is 1. The Balaban J connectivity index is 2.73. The molecule has 1 saturated heterocycles. The third-order valence-electron chi connectivity index (χ3n) is 2.16. The molecule has 0 aromatic heterocycles. The average molecular weight is 221 g/mol. The number of nitrogens with one attached hydrogen (secondary N) is 1. The van der Waals surface area contributed by atoms with Crippen molar-refractivity contribution in [2.45, 2.75) is 37.6 Å². The van der Waals surface area contributed by atoms with Crippen LogP contribution < -0.4 is 5.32 Å². The Labute approximate surface area is 86.3 Å². The van der Waals surface area contributed by atoms with E-state index in [1.54, 1.807) is 0 Å². The summed E-state index contributed by atoms with van der Waals surface area (Å²) in [7, 11) is 0. The van der Waals surface area contributed by atoms with Crippen LogP contribution in [-0.4, -0.2) is 57.2 Å². The summed E-state index contributed by atoms with van der Waals surface area (Å²) >= 11 is 0. The van der Waals surface area contributed by atoms with Gasteiger partial charge in [-0.15, -0.1) is 0 Å². The van der Waals surface area contributed by atoms with Gasteiger partial charge in [0.2, 0.25) is 5.91 Å². The zero-order chi connectivity index (χ0) is 11.6. The van der Waals surface area contributed by atoms with Crippen molar-refractivity contribution in [1.29, 1.82) is 0 Å². The summed E-state index contributed by atoms with van der Waals surface area (Å²) in [4.78, 5) is 10.7. The van der Waals surface area contributed by atoms with Crippen LogP contribution in [-0.2, 0) is 9.53 Å². The fourth-order valence-electron chi connectivity index (χ4n) is 1.52. The van der Waals surface area contributed by atoms with Gasteiger partial charge in [-0.05, 0) is 0 Å². The van der Waals surface area contributed by atoms with Gasteiger partial charge in [0.05, 0.1) is 19.1 Å². The van der Waals surface area contributed by atoms with Gasteiger partial charge in [0.15, 0.2) is 0 Å². The minimum atomic E-state index is -2.04. The van der Waals surface area contributed by atoms with Gasteiger partial charge < -0.3 is 30.5 Å². The quantitative estimate of drug-likeness (QED) is 0.323. The first-order valence-corrected chi connectivity index (χ1v) is 4.54. The van der Waals surface area contributed by atoms with Crippen LogP contribution in [0.3, 0.4) is 0 Å². The summed E-state index contributed by atoms with van der Waals surface area (Å²) < 4.78 is 4.88. The number of ether oxygens (including phenoxy) is 1. The van der Waals surface area contributed by atoms with E-state index in [1.165, 1.54) is 6.92 Å². The molecule has 1 rings (SSSR count). The van der Waals surface area contributed by atoms with E-state index >= 15 is 0 Å². The minimum Gasteiger partial charge on any atom is -0.394 e. The molecule has 0 aromatic carbocycles. The van der Waals surface area contributed by atoms with Gasteiger partial charge in [-0.3, -0.25) is 4.79 Å². The van der Waals surface area contributed by atoms with Gasteiger partial charge in [0, 0.05) is 6.92 Å². The van der Waals surface area contributed by atoms with Crippen molar-refractivity contribution in [3.05, 3.63) is 0 Å². The largest absolute Gasteiger partial charge is 0.394 e. The van der Waals surface area contributed by atoms with Crippen molar-refractivity contribution in [1.82, 2.24) is 5.32 Å². The van der Waals surface area contributed by atoms with E-state index in [9.17, 15) is 20.1 Å². The number of aliphatic hydroxyl groups is 4. The highest BCUT2D eigenvalue weighted by Gasteiger charge is 2.45. The lowest BCUT2D eigenvalue weighted by Gasteiger charge is -2.41. The third kappa shape index (κ3) is 2.86. The van der Waals surface area contributed by atoms with Crippen molar-refractivity contribution in [3.8, 4) is 0 Å². The van der Waals surface area contributed by atoms with E-state index in [1.807, 2.05) is 0 Å². The number of carbonyl (C=O) groups is 1. The third-order valence-corrected chi connectivity index (χ3v) is 2.16. The van der Waals surface area contributed by atoms with Crippen LogP contribution in [0.4, 0.5) is 0 Å². The van der Waals surface area contributed by atoms with Crippen LogP contribution in [0.25, 0.3) is 0 Å². The Morgan fingerprint density at radius 3 is 2.67 bits per heavy atom. The van der Waals surface area contributed by atoms with Crippen LogP contribution in [0.15, 0.2) is 0 Å². The second kappa shape index (κ2) is 4.42. The monoisotopic (exact) mass is 221 g/mol. The predicted molar refractivity (Wildman–Crippen MR) is 47.4 cm³/mol. The van der Waals surface area contributed by atoms with Crippen molar-refractivity contribution < 1.29 is 30.0 Å². The Bertz CT molecular complexity index is 247. The molecule has 0 saturated carbocycles. The summed E-state index contributed by atoms with van der Waals surface area (Å²) in [5.74, 6) is -2.59. The molecule has 1 aliphatic heterocycles. The zero-order valence-electron chi connectivity index (χ0n) is 8.25. The van der Waals surface area contributed by atoms with E-state index in [0.717, 1.165) is 0 Å². The first-order chi connectivity index (χ1) is 6.88. The summed E-state index contributed by atoms with van der Waals surface area (Å²) in [6.07, 6.45) is -4.05. The second-order valence-electron chi connectivity index (χ2n) is 3.57. The molecule has 1 heterocycles. The Morgan fingerprint density at radius 1 is 1.60 bits per heavy atom. The number of hydrogen-bond donors (Lipinski definition) is 5. The van der Waals surface area contributed by atoms with Gasteiger partial charge in [0.1, 0.15) is 12.2 Å². The average Bonchev–Trinajstić information content (AvgIpc) is 2.09. The maximum atomic E-state index is 10.7. The highest BCUT2D eigenvalue weighted by molar-refractivity contribution is 5.73. The lowest BCUT2D eigenvalue weighted by Crippen LogP contribution is -2.62. The van der Waals surface area contributed by atoms with E-state index < -0.39 is 36.7 Å². The van der Waals surface area contributed by atoms with E-state index in [0.29, 0.717) is 0 Å². The van der Waals surface area contributed by atoms with Crippen LogP contribution in [0, 0.1) is 0 Å². The van der Waals surface area contributed by atoms with Crippen molar-refractivity contribution >= 4 is 5.91 Å². The molecule has 0 bridgehead atoms. The normalized spacial score (nSPS) is 41.3. The van der Waals surface area contributed by atoms with E-state index in [2.05, 4.69) is 5.32 Å². The molecule has 15 heavy (non-hydrogen) atoms. The second-order valence-corrected chi connectivity index (χ2v) is 3.57. The molecule has 7 nitrogen and oxygen atoms in total. The van der Waals surface area contributed by atoms with Crippen LogP contribution >= 0.6 is 0 Å². The summed E-state index contributed by atoms with van der Waals surface area (Å²) in [5.41, 5.74) is 0. The molecule has 4 atom stereocenters. The Hall–Kier alpha value is -0.730. The van der Waals surface area contributed by atoms with Gasteiger partial charge in [0.25, 0.3) is 5.91 Å². The Kier molecular flexibility index (Phi) is 3.63. The maximum absolute atomic E-state index is 10.7. The van der Waals surface area contributed by atoms with Crippen molar-refractivity contribution in [2.75, 3.05) is 6.61 Å². The van der Waals surface area contributed by atoms with Gasteiger partial charge in [-0.1, -0.05) is 0 Å². The summed E-state index contributed by atoms with van der Waals surface area (Å²) in [6, 6.07) is 0. The van der Waals surface area contributed by atoms with Crippen LogP contribution in [0.5, 0.6) is 0 Å². The maximum Gasteiger partial charge on any atom is 0.251 e. The lowest BCUT2D eigenvalue weighted by molar-refractivity contribution is -0.315. The molecule has 1 aliphatic rings. The smallest absolute Gasteiger partial charge is 0.251 e. The van der Waals surface area contributed by atoms with Crippen molar-refractivity contribution in [3.63, 3.8) is 0 Å². The first kappa shape index (κ1) is 12.3. The predicted octanol–water partition coefficient (Wildman–Crippen LogP) is -2.73. The zero-order valence-corrected chi connectivity index (χ0v) is 8.25. The molecule has 0 aliphatic carbocycles. The fourth-order valence-corrected chi connectivity index (χ4v) is 1.52. The van der Waals surface area contributed by atoms with Crippen molar-refractivity contribution in [2.24, 2.45) is 0 Å². The SMILES string of the molecule is CC(=O)NC1(O)C[C@@H](O)[C@H](O)[C@H](CO)O1. The topological polar surface area (TPSA) is 119 Å².